The van der Waals surface area contributed by atoms with E-state index in [2.05, 4.69) is 0 Å². The number of fused-ring (bicyclic) bond motifs is 1. The van der Waals surface area contributed by atoms with Gasteiger partial charge in [-0.15, -0.1) is 0 Å². The van der Waals surface area contributed by atoms with Crippen LogP contribution in [0, 0.1) is 5.41 Å². The summed E-state index contributed by atoms with van der Waals surface area (Å²) in [6.45, 7) is 0.458. The lowest BCUT2D eigenvalue weighted by Gasteiger charge is -2.06. The second kappa shape index (κ2) is 3.84. The molecule has 1 aliphatic rings. The predicted molar refractivity (Wildman–Crippen MR) is 59.5 cm³/mol. The Bertz CT molecular complexity index is 457. The van der Waals surface area contributed by atoms with Crippen molar-refractivity contribution in [3.63, 3.8) is 0 Å². The van der Waals surface area contributed by atoms with Crippen LogP contribution in [0.25, 0.3) is 0 Å². The molecule has 0 spiro atoms. The number of ether oxygens (including phenoxy) is 1. The molecule has 1 atom stereocenters. The maximum Gasteiger partial charge on any atom is 0.218 e. The van der Waals surface area contributed by atoms with Crippen molar-refractivity contribution in [2.75, 3.05) is 6.61 Å². The van der Waals surface area contributed by atoms with Gasteiger partial charge in [0, 0.05) is 23.5 Å². The van der Waals surface area contributed by atoms with E-state index in [4.69, 9.17) is 21.6 Å². The number of nitrogen functional groups attached to an aromatic ring is 1. The van der Waals surface area contributed by atoms with Crippen LogP contribution < -0.4 is 16.2 Å². The van der Waals surface area contributed by atoms with Crippen molar-refractivity contribution >= 4 is 11.7 Å². The number of nitrogens with two attached hydrogens (primary N) is 2. The number of carbonyl (C=O) groups excluding carboxylic acids is 1. The van der Waals surface area contributed by atoms with Crippen molar-refractivity contribution in [3.8, 4) is 5.75 Å². The minimum Gasteiger partial charge on any atom is -0.493 e. The van der Waals surface area contributed by atoms with Gasteiger partial charge < -0.3 is 16.2 Å². The molecule has 5 nitrogen and oxygen atoms in total. The lowest BCUT2D eigenvalue weighted by Crippen LogP contribution is -2.16. The van der Waals surface area contributed by atoms with Gasteiger partial charge in [-0.25, -0.2) is 0 Å². The van der Waals surface area contributed by atoms with E-state index in [1.807, 2.05) is 0 Å². The second-order valence-electron chi connectivity index (χ2n) is 3.84. The Morgan fingerprint density at radius 1 is 1.50 bits per heavy atom. The zero-order chi connectivity index (χ0) is 11.7. The van der Waals surface area contributed by atoms with Crippen molar-refractivity contribution in [2.24, 2.45) is 11.5 Å². The summed E-state index contributed by atoms with van der Waals surface area (Å²) in [7, 11) is 0. The average Bonchev–Trinajstić information content (AvgIpc) is 2.60. The molecule has 0 radical (unpaired) electrons. The quantitative estimate of drug-likeness (QED) is 0.504. The summed E-state index contributed by atoms with van der Waals surface area (Å²) in [5.74, 6) is 0.380. The molecule has 0 aromatic heterocycles. The molecule has 0 saturated carbocycles. The molecular formula is C11H13N3O2. The highest BCUT2D eigenvalue weighted by atomic mass is 16.5. The lowest BCUT2D eigenvalue weighted by atomic mass is 9.96. The largest absolute Gasteiger partial charge is 0.493 e. The van der Waals surface area contributed by atoms with E-state index in [9.17, 15) is 4.79 Å². The van der Waals surface area contributed by atoms with Crippen LogP contribution in [0.3, 0.4) is 0 Å². The minimum atomic E-state index is -0.352. The number of nitrogens with one attached hydrogen (secondary N) is 1. The van der Waals surface area contributed by atoms with Crippen molar-refractivity contribution in [2.45, 2.75) is 12.3 Å². The summed E-state index contributed by atoms with van der Waals surface area (Å²) in [5.41, 5.74) is 12.1. The molecule has 0 saturated heterocycles. The lowest BCUT2D eigenvalue weighted by molar-refractivity contribution is -0.118. The molecule has 2 rings (SSSR count). The zero-order valence-corrected chi connectivity index (χ0v) is 8.69. The van der Waals surface area contributed by atoms with Gasteiger partial charge in [-0.2, -0.15) is 0 Å². The fourth-order valence-electron chi connectivity index (χ4n) is 1.86. The maximum absolute atomic E-state index is 10.9. The van der Waals surface area contributed by atoms with E-state index in [1.165, 1.54) is 0 Å². The Morgan fingerprint density at radius 2 is 2.25 bits per heavy atom. The summed E-state index contributed by atoms with van der Waals surface area (Å²) >= 11 is 0. The highest BCUT2D eigenvalue weighted by Gasteiger charge is 2.26. The third-order valence-corrected chi connectivity index (χ3v) is 2.65. The highest BCUT2D eigenvalue weighted by molar-refractivity contribution is 5.95. The molecular weight excluding hydrogens is 206 g/mol. The molecule has 84 valence electrons. The summed E-state index contributed by atoms with van der Waals surface area (Å²) in [5, 5.41) is 7.35. The molecule has 5 N–H and O–H groups in total. The fraction of sp³-hybridized carbons (Fsp3) is 0.273. The van der Waals surface area contributed by atoms with Crippen LogP contribution >= 0.6 is 0 Å². The normalized spacial score (nSPS) is 17.6. The third-order valence-electron chi connectivity index (χ3n) is 2.65. The number of rotatable bonds is 3. The van der Waals surface area contributed by atoms with Gasteiger partial charge in [0.25, 0.3) is 0 Å². The first-order valence-corrected chi connectivity index (χ1v) is 4.97. The Kier molecular flexibility index (Phi) is 2.52. The molecule has 0 aliphatic carbocycles. The van der Waals surface area contributed by atoms with E-state index in [1.54, 1.807) is 18.2 Å². The molecule has 5 heteroatoms. The Balaban J connectivity index is 2.33. The molecule has 1 aromatic rings. The van der Waals surface area contributed by atoms with Gasteiger partial charge in [0.05, 0.1) is 6.61 Å². The van der Waals surface area contributed by atoms with Crippen molar-refractivity contribution in [1.82, 2.24) is 0 Å². The molecule has 0 fully saturated rings. The van der Waals surface area contributed by atoms with Crippen LogP contribution in [0.2, 0.25) is 0 Å². The Labute approximate surface area is 92.9 Å². The number of amides is 1. The van der Waals surface area contributed by atoms with Crippen LogP contribution in [0.1, 0.15) is 23.5 Å². The number of hydrogen-bond donors (Lipinski definition) is 3. The first-order valence-electron chi connectivity index (χ1n) is 4.97. The van der Waals surface area contributed by atoms with E-state index >= 15 is 0 Å². The molecule has 16 heavy (non-hydrogen) atoms. The molecule has 0 bridgehead atoms. The molecule has 1 amide bonds. The van der Waals surface area contributed by atoms with Crippen LogP contribution in [0.5, 0.6) is 5.75 Å². The van der Waals surface area contributed by atoms with Crippen LogP contribution in [-0.4, -0.2) is 18.3 Å². The van der Waals surface area contributed by atoms with E-state index in [0.29, 0.717) is 12.2 Å². The van der Waals surface area contributed by atoms with Gasteiger partial charge >= 0.3 is 0 Å². The monoisotopic (exact) mass is 219 g/mol. The fourth-order valence-corrected chi connectivity index (χ4v) is 1.86. The van der Waals surface area contributed by atoms with Crippen molar-refractivity contribution < 1.29 is 9.53 Å². The number of primary amides is 1. The number of carbonyl (C=O) groups is 1. The standard InChI is InChI=1S/C11H13N3O2/c12-10(15)4-7-5-16-9-2-1-6(11(13)14)3-8(7)9/h1-3,7H,4-5H2,(H2,12,15)(H3,13,14). The summed E-state index contributed by atoms with van der Waals surface area (Å²) in [4.78, 5) is 10.9. The Morgan fingerprint density at radius 3 is 2.88 bits per heavy atom. The first-order chi connectivity index (χ1) is 7.58. The number of benzene rings is 1. The zero-order valence-electron chi connectivity index (χ0n) is 8.69. The van der Waals surface area contributed by atoms with Crippen LogP contribution in [0.15, 0.2) is 18.2 Å². The van der Waals surface area contributed by atoms with Crippen molar-refractivity contribution in [1.29, 1.82) is 5.41 Å². The summed E-state index contributed by atoms with van der Waals surface area (Å²) in [6, 6.07) is 5.29. The topological polar surface area (TPSA) is 102 Å². The van der Waals surface area contributed by atoms with Gasteiger partial charge in [0.1, 0.15) is 11.6 Å². The van der Waals surface area contributed by atoms with Gasteiger partial charge in [-0.1, -0.05) is 0 Å². The minimum absolute atomic E-state index is 0.00697. The summed E-state index contributed by atoms with van der Waals surface area (Å²) in [6.07, 6.45) is 0.258. The average molecular weight is 219 g/mol. The van der Waals surface area contributed by atoms with Gasteiger partial charge in [-0.05, 0) is 18.2 Å². The molecule has 1 aromatic carbocycles. The van der Waals surface area contributed by atoms with E-state index in [0.717, 1.165) is 11.3 Å². The SMILES string of the molecule is N=C(N)c1ccc2c(c1)C(CC(N)=O)CO2. The second-order valence-corrected chi connectivity index (χ2v) is 3.84. The van der Waals surface area contributed by atoms with Gasteiger partial charge in [0.15, 0.2) is 0 Å². The highest BCUT2D eigenvalue weighted by Crippen LogP contribution is 2.36. The predicted octanol–water partition coefficient (Wildman–Crippen LogP) is 0.322. The van der Waals surface area contributed by atoms with E-state index in [-0.39, 0.29) is 24.1 Å². The maximum atomic E-state index is 10.9. The number of amidine groups is 1. The van der Waals surface area contributed by atoms with Gasteiger partial charge in [-0.3, -0.25) is 10.2 Å². The smallest absolute Gasteiger partial charge is 0.218 e. The number of hydrogen-bond acceptors (Lipinski definition) is 3. The van der Waals surface area contributed by atoms with E-state index < -0.39 is 0 Å². The molecule has 1 heterocycles. The van der Waals surface area contributed by atoms with Crippen LogP contribution in [0.4, 0.5) is 0 Å². The summed E-state index contributed by atoms with van der Waals surface area (Å²) < 4.78 is 5.43. The van der Waals surface area contributed by atoms with Crippen molar-refractivity contribution in [3.05, 3.63) is 29.3 Å². The molecule has 1 unspecified atom stereocenters. The first kappa shape index (κ1) is 10.5. The molecule has 1 aliphatic heterocycles. The van der Waals surface area contributed by atoms with Crippen LogP contribution in [-0.2, 0) is 4.79 Å². The Hall–Kier alpha value is -2.04. The van der Waals surface area contributed by atoms with Gasteiger partial charge in [0.2, 0.25) is 5.91 Å². The third kappa shape index (κ3) is 1.84.